The second-order valence-corrected chi connectivity index (χ2v) is 7.04. The topological polar surface area (TPSA) is 76.0 Å². The number of nitrogens with one attached hydrogen (secondary N) is 3. The Labute approximate surface area is 177 Å². The summed E-state index contributed by atoms with van der Waals surface area (Å²) in [5.41, 5.74) is 9.12. The molecule has 4 rings (SSSR count). The smallest absolute Gasteiger partial charge is 0.138 e. The first-order valence-corrected chi connectivity index (χ1v) is 9.53. The van der Waals surface area contributed by atoms with Crippen molar-refractivity contribution in [1.82, 2.24) is 30.7 Å². The molecule has 0 radical (unpaired) electrons. The normalized spacial score (nSPS) is 18.4. The van der Waals surface area contributed by atoms with Crippen LogP contribution in [0.1, 0.15) is 23.0 Å². The molecule has 29 heavy (non-hydrogen) atoms. The summed E-state index contributed by atoms with van der Waals surface area (Å²) in [5.74, 6) is 3.16. The highest BCUT2D eigenvalue weighted by Gasteiger charge is 2.28. The second kappa shape index (κ2) is 9.84. The molecule has 0 aliphatic carbocycles. The van der Waals surface area contributed by atoms with E-state index in [1.807, 2.05) is 42.1 Å². The van der Waals surface area contributed by atoms with Crippen LogP contribution in [-0.4, -0.2) is 34.7 Å². The van der Waals surface area contributed by atoms with E-state index in [1.54, 1.807) is 13.3 Å². The van der Waals surface area contributed by atoms with E-state index < -0.39 is 0 Å². The maximum absolute atomic E-state index is 5.36. The van der Waals surface area contributed by atoms with Crippen LogP contribution in [0.5, 0.6) is 5.75 Å². The number of hydrogen-bond acceptors (Lipinski definition) is 6. The summed E-state index contributed by atoms with van der Waals surface area (Å²) in [4.78, 5) is 8.73. The van der Waals surface area contributed by atoms with E-state index in [0.29, 0.717) is 5.92 Å². The average Bonchev–Trinajstić information content (AvgIpc) is 3.37. The number of ether oxygens (including phenoxy) is 1. The standard InChI is InChI=1S/C21H26N6O.ClH/c1-15-23-8-9-27(15)20-10-16(6-7-24-20)12-22-13-18-14-25-26-21(18)17-4-3-5-19(11-17)28-2;/h3-11,18,21-22,25-26H,12-14H2,1-2H3;1H. The van der Waals surface area contributed by atoms with E-state index in [2.05, 4.69) is 44.3 Å². The Morgan fingerprint density at radius 2 is 2.10 bits per heavy atom. The Kier molecular flexibility index (Phi) is 7.22. The molecule has 1 aliphatic rings. The molecule has 3 N–H and O–H groups in total. The van der Waals surface area contributed by atoms with Gasteiger partial charge in [0.25, 0.3) is 0 Å². The van der Waals surface area contributed by atoms with Gasteiger partial charge in [0.15, 0.2) is 0 Å². The molecule has 0 saturated carbocycles. The Bertz CT molecular complexity index is 931. The van der Waals surface area contributed by atoms with Gasteiger partial charge in [-0.1, -0.05) is 12.1 Å². The SMILES string of the molecule is COc1cccc(C2NNCC2CNCc2ccnc(-n3ccnc3C)c2)c1.Cl. The molecular weight excluding hydrogens is 388 g/mol. The molecule has 154 valence electrons. The Balaban J connectivity index is 0.00000240. The van der Waals surface area contributed by atoms with Gasteiger partial charge in [-0.15, -0.1) is 12.4 Å². The third kappa shape index (κ3) is 4.94. The van der Waals surface area contributed by atoms with Crippen molar-refractivity contribution >= 4 is 12.4 Å². The fraction of sp³-hybridized carbons (Fsp3) is 0.333. The third-order valence-electron chi connectivity index (χ3n) is 5.16. The van der Waals surface area contributed by atoms with E-state index >= 15 is 0 Å². The lowest BCUT2D eigenvalue weighted by atomic mass is 9.94. The first-order chi connectivity index (χ1) is 13.7. The van der Waals surface area contributed by atoms with Gasteiger partial charge >= 0.3 is 0 Å². The molecular formula is C21H27ClN6O. The van der Waals surface area contributed by atoms with Crippen LogP contribution in [0.3, 0.4) is 0 Å². The molecule has 1 aromatic carbocycles. The van der Waals surface area contributed by atoms with Crippen LogP contribution in [-0.2, 0) is 6.54 Å². The Morgan fingerprint density at radius 3 is 2.90 bits per heavy atom. The van der Waals surface area contributed by atoms with E-state index in [9.17, 15) is 0 Å². The van der Waals surface area contributed by atoms with Gasteiger partial charge < -0.3 is 10.1 Å². The zero-order valence-corrected chi connectivity index (χ0v) is 17.4. The number of imidazole rings is 1. The second-order valence-electron chi connectivity index (χ2n) is 7.04. The largest absolute Gasteiger partial charge is 0.497 e. The molecule has 0 spiro atoms. The number of halogens is 1. The van der Waals surface area contributed by atoms with Gasteiger partial charge in [0, 0.05) is 44.1 Å². The zero-order chi connectivity index (χ0) is 19.3. The van der Waals surface area contributed by atoms with Crippen molar-refractivity contribution in [1.29, 1.82) is 0 Å². The highest BCUT2D eigenvalue weighted by molar-refractivity contribution is 5.85. The Morgan fingerprint density at radius 1 is 1.21 bits per heavy atom. The van der Waals surface area contributed by atoms with E-state index in [4.69, 9.17) is 4.74 Å². The predicted octanol–water partition coefficient (Wildman–Crippen LogP) is 2.56. The molecule has 2 atom stereocenters. The number of aromatic nitrogens is 3. The molecule has 7 nitrogen and oxygen atoms in total. The van der Waals surface area contributed by atoms with Crippen LogP contribution in [0.15, 0.2) is 55.0 Å². The molecule has 0 amide bonds. The van der Waals surface area contributed by atoms with Crippen molar-refractivity contribution < 1.29 is 4.74 Å². The molecule has 1 aliphatic heterocycles. The van der Waals surface area contributed by atoms with Crippen LogP contribution in [0.4, 0.5) is 0 Å². The quantitative estimate of drug-likeness (QED) is 0.551. The van der Waals surface area contributed by atoms with Crippen molar-refractivity contribution in [2.24, 2.45) is 5.92 Å². The molecule has 0 bridgehead atoms. The van der Waals surface area contributed by atoms with E-state index in [-0.39, 0.29) is 18.4 Å². The lowest BCUT2D eigenvalue weighted by Gasteiger charge is -2.20. The first kappa shape index (κ1) is 21.3. The lowest BCUT2D eigenvalue weighted by molar-refractivity contribution is 0.409. The summed E-state index contributed by atoms with van der Waals surface area (Å²) in [7, 11) is 1.70. The van der Waals surface area contributed by atoms with Crippen LogP contribution in [0, 0.1) is 12.8 Å². The summed E-state index contributed by atoms with van der Waals surface area (Å²) in [5, 5.41) is 3.60. The maximum Gasteiger partial charge on any atom is 0.138 e. The van der Waals surface area contributed by atoms with Gasteiger partial charge in [-0.2, -0.15) is 0 Å². The number of hydrazine groups is 1. The summed E-state index contributed by atoms with van der Waals surface area (Å²) in [6.45, 7) is 4.60. The van der Waals surface area contributed by atoms with Gasteiger partial charge in [-0.05, 0) is 42.3 Å². The fourth-order valence-electron chi connectivity index (χ4n) is 3.64. The molecule has 1 fully saturated rings. The number of pyridine rings is 1. The van der Waals surface area contributed by atoms with Crippen molar-refractivity contribution in [3.8, 4) is 11.6 Å². The van der Waals surface area contributed by atoms with Crippen LogP contribution >= 0.6 is 12.4 Å². The fourth-order valence-corrected chi connectivity index (χ4v) is 3.64. The zero-order valence-electron chi connectivity index (χ0n) is 16.6. The van der Waals surface area contributed by atoms with Gasteiger partial charge in [-0.3, -0.25) is 9.99 Å². The highest BCUT2D eigenvalue weighted by atomic mass is 35.5. The number of rotatable bonds is 7. The number of aryl methyl sites for hydroxylation is 1. The van der Waals surface area contributed by atoms with Crippen molar-refractivity contribution in [3.63, 3.8) is 0 Å². The molecule has 8 heteroatoms. The maximum atomic E-state index is 5.36. The van der Waals surface area contributed by atoms with Crippen molar-refractivity contribution in [2.75, 3.05) is 20.2 Å². The number of nitrogens with zero attached hydrogens (tertiary/aromatic N) is 3. The number of hydrogen-bond donors (Lipinski definition) is 3. The molecule has 1 saturated heterocycles. The number of benzene rings is 1. The summed E-state index contributed by atoms with van der Waals surface area (Å²) >= 11 is 0. The van der Waals surface area contributed by atoms with Crippen LogP contribution in [0.25, 0.3) is 5.82 Å². The highest BCUT2D eigenvalue weighted by Crippen LogP contribution is 2.27. The van der Waals surface area contributed by atoms with E-state index in [0.717, 1.165) is 37.0 Å². The monoisotopic (exact) mass is 414 g/mol. The molecule has 2 unspecified atom stereocenters. The predicted molar refractivity (Wildman–Crippen MR) is 115 cm³/mol. The van der Waals surface area contributed by atoms with Gasteiger partial charge in [0.1, 0.15) is 17.4 Å². The molecule has 3 aromatic rings. The summed E-state index contributed by atoms with van der Waals surface area (Å²) in [6.07, 6.45) is 5.58. The third-order valence-corrected chi connectivity index (χ3v) is 5.16. The van der Waals surface area contributed by atoms with E-state index in [1.165, 1.54) is 11.1 Å². The minimum absolute atomic E-state index is 0. The summed E-state index contributed by atoms with van der Waals surface area (Å²) in [6, 6.07) is 12.7. The average molecular weight is 415 g/mol. The van der Waals surface area contributed by atoms with Gasteiger partial charge in [0.2, 0.25) is 0 Å². The first-order valence-electron chi connectivity index (χ1n) is 9.53. The minimum atomic E-state index is 0. The summed E-state index contributed by atoms with van der Waals surface area (Å²) < 4.78 is 7.36. The minimum Gasteiger partial charge on any atom is -0.497 e. The van der Waals surface area contributed by atoms with Crippen LogP contribution in [0.2, 0.25) is 0 Å². The van der Waals surface area contributed by atoms with Crippen molar-refractivity contribution in [2.45, 2.75) is 19.5 Å². The van der Waals surface area contributed by atoms with Crippen LogP contribution < -0.4 is 20.9 Å². The Hall–Kier alpha value is -2.45. The van der Waals surface area contributed by atoms with Crippen molar-refractivity contribution in [3.05, 3.63) is 71.9 Å². The lowest BCUT2D eigenvalue weighted by Crippen LogP contribution is -2.28. The molecule has 2 aromatic heterocycles. The van der Waals surface area contributed by atoms with Gasteiger partial charge in [0.05, 0.1) is 13.2 Å². The number of methoxy groups -OCH3 is 1. The van der Waals surface area contributed by atoms with Gasteiger partial charge in [-0.25, -0.2) is 15.4 Å². The molecule has 3 heterocycles.